The minimum Gasteiger partial charge on any atom is -0.383 e. The molecule has 2 amide bonds. The molecule has 2 rings (SSSR count). The Labute approximate surface area is 119 Å². The predicted molar refractivity (Wildman–Crippen MR) is 69.0 cm³/mol. The van der Waals surface area contributed by atoms with Crippen LogP contribution in [0.25, 0.3) is 0 Å². The van der Waals surface area contributed by atoms with Crippen LogP contribution >= 0.6 is 0 Å². The van der Waals surface area contributed by atoms with E-state index in [1.807, 2.05) is 0 Å². The highest BCUT2D eigenvalue weighted by molar-refractivity contribution is 6.06. The molecule has 1 aliphatic rings. The molecular formula is C13H14F3N3O2. The third kappa shape index (κ3) is 3.15. The van der Waals surface area contributed by atoms with E-state index in [1.54, 1.807) is 0 Å². The van der Waals surface area contributed by atoms with E-state index in [-0.39, 0.29) is 24.6 Å². The van der Waals surface area contributed by atoms with Gasteiger partial charge in [-0.1, -0.05) is 12.1 Å². The summed E-state index contributed by atoms with van der Waals surface area (Å²) in [4.78, 5) is 13.0. The second kappa shape index (κ2) is 5.72. The van der Waals surface area contributed by atoms with Gasteiger partial charge >= 0.3 is 12.2 Å². The number of carbonyl (C=O) groups is 1. The number of ether oxygens (including phenoxy) is 1. The number of amidine groups is 1. The largest absolute Gasteiger partial charge is 0.416 e. The van der Waals surface area contributed by atoms with Crippen molar-refractivity contribution in [1.29, 1.82) is 5.41 Å². The summed E-state index contributed by atoms with van der Waals surface area (Å²) in [6.07, 6.45) is -4.47. The van der Waals surface area contributed by atoms with Gasteiger partial charge in [-0.2, -0.15) is 13.2 Å². The average Bonchev–Trinajstić information content (AvgIpc) is 2.70. The molecule has 1 atom stereocenters. The fourth-order valence-electron chi connectivity index (χ4n) is 2.18. The molecule has 8 heteroatoms. The van der Waals surface area contributed by atoms with Crippen molar-refractivity contribution in [3.8, 4) is 0 Å². The Morgan fingerprint density at radius 2 is 2.14 bits per heavy atom. The van der Waals surface area contributed by atoms with Crippen molar-refractivity contribution in [2.45, 2.75) is 12.2 Å². The van der Waals surface area contributed by atoms with Crippen LogP contribution in [0.5, 0.6) is 0 Å². The molecule has 0 aliphatic carbocycles. The van der Waals surface area contributed by atoms with Gasteiger partial charge in [0.2, 0.25) is 0 Å². The van der Waals surface area contributed by atoms with Gasteiger partial charge in [-0.05, 0) is 17.7 Å². The molecule has 21 heavy (non-hydrogen) atoms. The molecule has 2 N–H and O–H groups in total. The van der Waals surface area contributed by atoms with E-state index in [0.717, 1.165) is 12.1 Å². The first-order valence-electron chi connectivity index (χ1n) is 6.16. The summed E-state index contributed by atoms with van der Waals surface area (Å²) in [7, 11) is 1.46. The maximum Gasteiger partial charge on any atom is 0.416 e. The van der Waals surface area contributed by atoms with Crippen molar-refractivity contribution in [2.75, 3.05) is 20.3 Å². The van der Waals surface area contributed by atoms with Crippen LogP contribution in [-0.2, 0) is 10.9 Å². The molecule has 0 saturated carbocycles. The number of amides is 2. The van der Waals surface area contributed by atoms with E-state index in [0.29, 0.717) is 0 Å². The van der Waals surface area contributed by atoms with Gasteiger partial charge in [0.1, 0.15) is 11.9 Å². The summed E-state index contributed by atoms with van der Waals surface area (Å²) < 4.78 is 43.2. The molecule has 0 aromatic heterocycles. The van der Waals surface area contributed by atoms with Gasteiger partial charge in [-0.25, -0.2) is 4.79 Å². The van der Waals surface area contributed by atoms with Crippen LogP contribution in [0.3, 0.4) is 0 Å². The lowest BCUT2D eigenvalue weighted by Crippen LogP contribution is -2.32. The lowest BCUT2D eigenvalue weighted by atomic mass is 10.0. The maximum absolute atomic E-state index is 12.8. The number of hydrogen-bond donors (Lipinski definition) is 2. The van der Waals surface area contributed by atoms with Gasteiger partial charge in [0.15, 0.2) is 0 Å². The number of urea groups is 1. The predicted octanol–water partition coefficient (Wildman–Crippen LogP) is 2.40. The van der Waals surface area contributed by atoms with Crippen molar-refractivity contribution < 1.29 is 22.7 Å². The number of carbonyl (C=O) groups excluding carboxylic acids is 1. The molecule has 1 aromatic rings. The Morgan fingerprint density at radius 1 is 1.43 bits per heavy atom. The number of nitrogens with one attached hydrogen (secondary N) is 2. The number of methoxy groups -OCH3 is 1. The highest BCUT2D eigenvalue weighted by atomic mass is 19.4. The Balaban J connectivity index is 2.34. The SMILES string of the molecule is COCCN1C(=O)NC(=N)C1c1cccc(C(F)(F)F)c1. The van der Waals surface area contributed by atoms with Crippen LogP contribution in [-0.4, -0.2) is 37.0 Å². The first-order chi connectivity index (χ1) is 9.84. The number of nitrogens with zero attached hydrogens (tertiary/aromatic N) is 1. The van der Waals surface area contributed by atoms with E-state index in [2.05, 4.69) is 5.32 Å². The van der Waals surface area contributed by atoms with Crippen molar-refractivity contribution in [2.24, 2.45) is 0 Å². The number of halogens is 3. The lowest BCUT2D eigenvalue weighted by molar-refractivity contribution is -0.137. The number of rotatable bonds is 4. The molecule has 1 unspecified atom stereocenters. The normalized spacial score (nSPS) is 19.0. The Bertz CT molecular complexity index is 560. The second-order valence-corrected chi connectivity index (χ2v) is 4.56. The zero-order valence-electron chi connectivity index (χ0n) is 11.2. The Hall–Kier alpha value is -2.09. The Kier molecular flexibility index (Phi) is 4.17. The fraction of sp³-hybridized carbons (Fsp3) is 0.385. The van der Waals surface area contributed by atoms with Crippen LogP contribution < -0.4 is 5.32 Å². The number of alkyl halides is 3. The van der Waals surface area contributed by atoms with E-state index in [1.165, 1.54) is 24.1 Å². The van der Waals surface area contributed by atoms with Gasteiger partial charge in [0.05, 0.1) is 12.2 Å². The fourth-order valence-corrected chi connectivity index (χ4v) is 2.18. The number of benzene rings is 1. The van der Waals surface area contributed by atoms with Crippen molar-refractivity contribution in [3.05, 3.63) is 35.4 Å². The molecule has 1 aromatic carbocycles. The molecular weight excluding hydrogens is 287 g/mol. The monoisotopic (exact) mass is 301 g/mol. The lowest BCUT2D eigenvalue weighted by Gasteiger charge is -2.23. The van der Waals surface area contributed by atoms with Crippen LogP contribution in [0.2, 0.25) is 0 Å². The summed E-state index contributed by atoms with van der Waals surface area (Å²) >= 11 is 0. The molecule has 1 saturated heterocycles. The average molecular weight is 301 g/mol. The molecule has 0 spiro atoms. The van der Waals surface area contributed by atoms with Gasteiger partial charge < -0.3 is 9.64 Å². The summed E-state index contributed by atoms with van der Waals surface area (Å²) in [5, 5.41) is 10.1. The minimum atomic E-state index is -4.47. The van der Waals surface area contributed by atoms with Crippen molar-refractivity contribution >= 4 is 11.9 Å². The summed E-state index contributed by atoms with van der Waals surface area (Å²) in [6.45, 7) is 0.418. The summed E-state index contributed by atoms with van der Waals surface area (Å²) in [5.41, 5.74) is -0.567. The molecule has 1 aliphatic heterocycles. The van der Waals surface area contributed by atoms with E-state index < -0.39 is 23.8 Å². The van der Waals surface area contributed by atoms with Gasteiger partial charge in [-0.15, -0.1) is 0 Å². The van der Waals surface area contributed by atoms with Gasteiger partial charge in [0, 0.05) is 13.7 Å². The molecule has 0 radical (unpaired) electrons. The van der Waals surface area contributed by atoms with Crippen LogP contribution in [0.15, 0.2) is 24.3 Å². The zero-order chi connectivity index (χ0) is 15.6. The standard InChI is InChI=1S/C13H14F3N3O2/c1-21-6-5-19-10(11(17)18-12(19)20)8-3-2-4-9(7-8)13(14,15)16/h2-4,7,10H,5-6H2,1H3,(H2,17,18,20). The zero-order valence-corrected chi connectivity index (χ0v) is 11.2. The first kappa shape index (κ1) is 15.3. The van der Waals surface area contributed by atoms with Crippen LogP contribution in [0.1, 0.15) is 17.2 Å². The van der Waals surface area contributed by atoms with Crippen LogP contribution in [0.4, 0.5) is 18.0 Å². The molecule has 1 heterocycles. The topological polar surface area (TPSA) is 65.4 Å². The molecule has 1 fully saturated rings. The smallest absolute Gasteiger partial charge is 0.383 e. The summed E-state index contributed by atoms with van der Waals surface area (Å²) in [5.74, 6) is -0.143. The first-order valence-corrected chi connectivity index (χ1v) is 6.16. The van der Waals surface area contributed by atoms with Crippen LogP contribution in [0, 0.1) is 5.41 Å². The van der Waals surface area contributed by atoms with E-state index in [9.17, 15) is 18.0 Å². The van der Waals surface area contributed by atoms with Gasteiger partial charge in [-0.3, -0.25) is 10.7 Å². The summed E-state index contributed by atoms with van der Waals surface area (Å²) in [6, 6.07) is 3.28. The van der Waals surface area contributed by atoms with E-state index in [4.69, 9.17) is 10.1 Å². The minimum absolute atomic E-state index is 0.143. The second-order valence-electron chi connectivity index (χ2n) is 4.56. The third-order valence-electron chi connectivity index (χ3n) is 3.15. The Morgan fingerprint density at radius 3 is 2.76 bits per heavy atom. The maximum atomic E-state index is 12.8. The van der Waals surface area contributed by atoms with Gasteiger partial charge in [0.25, 0.3) is 0 Å². The quantitative estimate of drug-likeness (QED) is 0.897. The van der Waals surface area contributed by atoms with E-state index >= 15 is 0 Å². The molecule has 5 nitrogen and oxygen atoms in total. The van der Waals surface area contributed by atoms with Crippen molar-refractivity contribution in [1.82, 2.24) is 10.2 Å². The highest BCUT2D eigenvalue weighted by Gasteiger charge is 2.38. The number of hydrogen-bond acceptors (Lipinski definition) is 3. The van der Waals surface area contributed by atoms with Crippen molar-refractivity contribution in [3.63, 3.8) is 0 Å². The molecule has 114 valence electrons. The third-order valence-corrected chi connectivity index (χ3v) is 3.15. The molecule has 0 bridgehead atoms. The highest BCUT2D eigenvalue weighted by Crippen LogP contribution is 2.33.